The standard InChI is InChI=1S/C22H25N7O3S/c1-11-6-13(2-5-24-11)26-22-25-8-14(21-28-16-9-23-4-3-17(16)33-21)20(29-22)27-15-7-12(10-30)18(31)19(15)32/h2-6,9,12,15,18-19,27,30-32H,7-8,10H2,1H3,(H2,24,25,26,29)/t12-,15-,18-,19+/m1/s1. The average molecular weight is 468 g/mol. The largest absolute Gasteiger partial charge is 0.396 e. The van der Waals surface area contributed by atoms with Gasteiger partial charge in [-0.25, -0.2) is 9.98 Å². The lowest BCUT2D eigenvalue weighted by molar-refractivity contribution is 0.000577. The number of hydrogen-bond acceptors (Lipinski definition) is 11. The van der Waals surface area contributed by atoms with Crippen molar-refractivity contribution >= 4 is 38.8 Å². The minimum Gasteiger partial charge on any atom is -0.396 e. The van der Waals surface area contributed by atoms with Crippen molar-refractivity contribution in [2.24, 2.45) is 10.9 Å². The molecule has 3 aromatic rings. The van der Waals surface area contributed by atoms with E-state index in [-0.39, 0.29) is 12.5 Å². The summed E-state index contributed by atoms with van der Waals surface area (Å²) in [4.78, 5) is 17.7. The molecule has 0 saturated heterocycles. The summed E-state index contributed by atoms with van der Waals surface area (Å²) in [6, 6.07) is 5.26. The van der Waals surface area contributed by atoms with Crippen molar-refractivity contribution in [1.82, 2.24) is 25.6 Å². The number of aryl methyl sites for hydroxylation is 1. The number of aliphatic hydroxyl groups is 3. The number of hydrogen-bond donors (Lipinski definition) is 6. The Kier molecular flexibility index (Phi) is 5.94. The summed E-state index contributed by atoms with van der Waals surface area (Å²) in [6.45, 7) is 2.10. The van der Waals surface area contributed by atoms with Gasteiger partial charge in [-0.3, -0.25) is 9.97 Å². The van der Waals surface area contributed by atoms with Crippen molar-refractivity contribution in [3.63, 3.8) is 0 Å². The van der Waals surface area contributed by atoms with Crippen LogP contribution in [0.3, 0.4) is 0 Å². The molecule has 4 atom stereocenters. The summed E-state index contributed by atoms with van der Waals surface area (Å²) in [5.74, 6) is 0.811. The van der Waals surface area contributed by atoms with Crippen LogP contribution in [0.1, 0.15) is 17.1 Å². The molecule has 0 unspecified atom stereocenters. The highest BCUT2D eigenvalue weighted by Crippen LogP contribution is 2.31. The Balaban J connectivity index is 1.45. The number of aliphatic hydroxyl groups excluding tert-OH is 3. The Bertz CT molecular complexity index is 1190. The van der Waals surface area contributed by atoms with Crippen LogP contribution in [0.4, 0.5) is 5.69 Å². The lowest BCUT2D eigenvalue weighted by Gasteiger charge is -2.27. The molecule has 0 radical (unpaired) electrons. The van der Waals surface area contributed by atoms with Gasteiger partial charge in [-0.2, -0.15) is 0 Å². The fourth-order valence-corrected chi connectivity index (χ4v) is 5.12. The van der Waals surface area contributed by atoms with Crippen molar-refractivity contribution in [1.29, 1.82) is 0 Å². The van der Waals surface area contributed by atoms with Crippen LogP contribution in [0, 0.1) is 12.8 Å². The summed E-state index contributed by atoms with van der Waals surface area (Å²) in [7, 11) is 0. The molecule has 1 saturated carbocycles. The Morgan fingerprint density at radius 3 is 2.85 bits per heavy atom. The van der Waals surface area contributed by atoms with Gasteiger partial charge >= 0.3 is 0 Å². The van der Waals surface area contributed by atoms with Gasteiger partial charge in [0.15, 0.2) is 0 Å². The quantitative estimate of drug-likeness (QED) is 0.321. The number of thiazole rings is 1. The third-order valence-corrected chi connectivity index (χ3v) is 7.01. The molecule has 5 rings (SSSR count). The van der Waals surface area contributed by atoms with Gasteiger partial charge in [-0.05, 0) is 31.5 Å². The number of pyridine rings is 2. The molecular weight excluding hydrogens is 442 g/mol. The Morgan fingerprint density at radius 2 is 2.09 bits per heavy atom. The van der Waals surface area contributed by atoms with Crippen LogP contribution in [0.5, 0.6) is 0 Å². The van der Waals surface area contributed by atoms with Crippen LogP contribution < -0.4 is 16.0 Å². The van der Waals surface area contributed by atoms with Crippen LogP contribution in [0.2, 0.25) is 0 Å². The molecule has 0 spiro atoms. The molecule has 1 fully saturated rings. The molecule has 6 N–H and O–H groups in total. The van der Waals surface area contributed by atoms with Gasteiger partial charge < -0.3 is 31.3 Å². The van der Waals surface area contributed by atoms with Crippen molar-refractivity contribution in [3.8, 4) is 0 Å². The summed E-state index contributed by atoms with van der Waals surface area (Å²) >= 11 is 1.54. The molecule has 2 aliphatic rings. The predicted molar refractivity (Wildman–Crippen MR) is 126 cm³/mol. The van der Waals surface area contributed by atoms with E-state index in [0.29, 0.717) is 24.7 Å². The fourth-order valence-electron chi connectivity index (χ4n) is 4.14. The zero-order valence-electron chi connectivity index (χ0n) is 17.9. The maximum absolute atomic E-state index is 10.5. The maximum Gasteiger partial charge on any atom is 0.201 e. The highest BCUT2D eigenvalue weighted by molar-refractivity contribution is 7.19. The molecule has 3 aromatic heterocycles. The van der Waals surface area contributed by atoms with E-state index in [2.05, 4.69) is 30.9 Å². The number of fused-ring (bicyclic) bond motifs is 1. The Hall–Kier alpha value is -3.12. The number of guanidine groups is 1. The number of nitrogens with zero attached hydrogens (tertiary/aromatic N) is 4. The lowest BCUT2D eigenvalue weighted by Crippen LogP contribution is -2.47. The molecule has 4 heterocycles. The second-order valence-corrected chi connectivity index (χ2v) is 9.26. The molecule has 0 amide bonds. The number of rotatable bonds is 5. The zero-order valence-corrected chi connectivity index (χ0v) is 18.8. The van der Waals surface area contributed by atoms with E-state index in [1.807, 2.05) is 25.1 Å². The van der Waals surface area contributed by atoms with Crippen molar-refractivity contribution < 1.29 is 15.3 Å². The Morgan fingerprint density at radius 1 is 1.21 bits per heavy atom. The second-order valence-electron chi connectivity index (χ2n) is 8.23. The van der Waals surface area contributed by atoms with Crippen molar-refractivity contribution in [2.45, 2.75) is 31.6 Å². The Labute approximate surface area is 194 Å². The van der Waals surface area contributed by atoms with E-state index < -0.39 is 18.2 Å². The first-order valence-electron chi connectivity index (χ1n) is 10.7. The van der Waals surface area contributed by atoms with Crippen LogP contribution in [0.25, 0.3) is 15.8 Å². The first kappa shape index (κ1) is 21.7. The number of anilines is 1. The molecule has 1 aliphatic carbocycles. The monoisotopic (exact) mass is 467 g/mol. The van der Waals surface area contributed by atoms with E-state index in [9.17, 15) is 15.3 Å². The molecule has 33 heavy (non-hydrogen) atoms. The number of aromatic nitrogens is 3. The minimum atomic E-state index is -1.00. The third kappa shape index (κ3) is 4.40. The molecule has 0 bridgehead atoms. The van der Waals surface area contributed by atoms with E-state index >= 15 is 0 Å². The molecule has 0 aromatic carbocycles. The van der Waals surface area contributed by atoms with Gasteiger partial charge in [0.05, 0.1) is 35.2 Å². The lowest BCUT2D eigenvalue weighted by atomic mass is 10.1. The maximum atomic E-state index is 10.5. The van der Waals surface area contributed by atoms with Gasteiger partial charge in [0.2, 0.25) is 5.96 Å². The summed E-state index contributed by atoms with van der Waals surface area (Å²) in [5.41, 5.74) is 3.38. The van der Waals surface area contributed by atoms with E-state index in [1.54, 1.807) is 29.9 Å². The van der Waals surface area contributed by atoms with Crippen LogP contribution in [0.15, 0.2) is 47.6 Å². The third-order valence-electron chi connectivity index (χ3n) is 5.91. The number of aliphatic imine (C=N–C) groups is 1. The zero-order chi connectivity index (χ0) is 22.9. The second kappa shape index (κ2) is 9.02. The van der Waals surface area contributed by atoms with Gasteiger partial charge in [0.25, 0.3) is 0 Å². The normalized spacial score (nSPS) is 25.2. The average Bonchev–Trinajstić information content (AvgIpc) is 3.35. The van der Waals surface area contributed by atoms with Crippen molar-refractivity contribution in [2.75, 3.05) is 18.5 Å². The van der Waals surface area contributed by atoms with E-state index in [0.717, 1.165) is 32.2 Å². The molecular formula is C22H25N7O3S. The molecule has 1 aliphatic heterocycles. The van der Waals surface area contributed by atoms with Crippen LogP contribution >= 0.6 is 11.3 Å². The van der Waals surface area contributed by atoms with E-state index in [4.69, 9.17) is 4.98 Å². The smallest absolute Gasteiger partial charge is 0.201 e. The van der Waals surface area contributed by atoms with Crippen molar-refractivity contribution in [3.05, 3.63) is 53.3 Å². The molecule has 10 nitrogen and oxygen atoms in total. The predicted octanol–water partition coefficient (Wildman–Crippen LogP) is 0.827. The van der Waals surface area contributed by atoms with Gasteiger partial charge in [-0.15, -0.1) is 11.3 Å². The van der Waals surface area contributed by atoms with Crippen LogP contribution in [-0.4, -0.2) is 67.6 Å². The molecule has 172 valence electrons. The highest BCUT2D eigenvalue weighted by Gasteiger charge is 2.41. The highest BCUT2D eigenvalue weighted by atomic mass is 32.1. The summed E-state index contributed by atoms with van der Waals surface area (Å²) in [5, 5.41) is 41.0. The van der Waals surface area contributed by atoms with Gasteiger partial charge in [-0.1, -0.05) is 0 Å². The first-order chi connectivity index (χ1) is 16.0. The summed E-state index contributed by atoms with van der Waals surface area (Å²) < 4.78 is 1.02. The van der Waals surface area contributed by atoms with Gasteiger partial charge in [0, 0.05) is 36.3 Å². The van der Waals surface area contributed by atoms with E-state index in [1.165, 1.54) is 0 Å². The topological polar surface area (TPSA) is 148 Å². The first-order valence-corrected chi connectivity index (χ1v) is 11.5. The number of nitrogens with one attached hydrogen (secondary N) is 3. The summed E-state index contributed by atoms with van der Waals surface area (Å²) in [6.07, 6.45) is 3.63. The van der Waals surface area contributed by atoms with Crippen LogP contribution in [-0.2, 0) is 0 Å². The fraction of sp³-hybridized carbons (Fsp3) is 0.364. The molecule has 11 heteroatoms. The SMILES string of the molecule is Cc1cc(NC2=NCC(c3nc4cnccc4s3)=C(N[C@@H]3C[C@H](CO)[C@@H](O)[C@H]3O)N2)ccn1. The van der Waals surface area contributed by atoms with Gasteiger partial charge in [0.1, 0.15) is 22.4 Å². The minimum absolute atomic E-state index is 0.184.